The van der Waals surface area contributed by atoms with Crippen LogP contribution in [-0.2, 0) is 24.2 Å². The lowest BCUT2D eigenvalue weighted by Crippen LogP contribution is -2.38. The molecule has 0 bridgehead atoms. The van der Waals surface area contributed by atoms with Gasteiger partial charge >= 0.3 is 0 Å². The fourth-order valence-corrected chi connectivity index (χ4v) is 3.95. The van der Waals surface area contributed by atoms with Crippen molar-refractivity contribution in [3.63, 3.8) is 0 Å². The van der Waals surface area contributed by atoms with Crippen LogP contribution in [0.25, 0.3) is 0 Å². The van der Waals surface area contributed by atoms with Gasteiger partial charge in [-0.25, -0.2) is 4.68 Å². The van der Waals surface area contributed by atoms with Crippen molar-refractivity contribution in [2.75, 3.05) is 10.2 Å². The van der Waals surface area contributed by atoms with Gasteiger partial charge in [0.25, 0.3) is 11.5 Å². The van der Waals surface area contributed by atoms with Crippen LogP contribution in [0.1, 0.15) is 35.5 Å². The summed E-state index contributed by atoms with van der Waals surface area (Å²) < 4.78 is 1.03. The van der Waals surface area contributed by atoms with Crippen LogP contribution < -0.4 is 15.8 Å². The van der Waals surface area contributed by atoms with Crippen LogP contribution in [0.5, 0.6) is 0 Å². The number of para-hydroxylation sites is 2. The van der Waals surface area contributed by atoms with E-state index in [1.165, 1.54) is 12.1 Å². The van der Waals surface area contributed by atoms with E-state index in [0.717, 1.165) is 34.3 Å². The molecule has 2 amide bonds. The average molecular weight is 416 g/mol. The number of hydrogen-bond donors (Lipinski definition) is 1. The normalized spacial score (nSPS) is 14.9. The van der Waals surface area contributed by atoms with Gasteiger partial charge in [-0.1, -0.05) is 43.3 Å². The molecule has 0 spiro atoms. The second-order valence-corrected chi connectivity index (χ2v) is 7.63. The molecule has 31 heavy (non-hydrogen) atoms. The van der Waals surface area contributed by atoms with E-state index in [4.69, 9.17) is 0 Å². The van der Waals surface area contributed by atoms with Crippen LogP contribution in [0.15, 0.2) is 65.5 Å². The van der Waals surface area contributed by atoms with E-state index in [1.54, 1.807) is 4.90 Å². The molecule has 2 aromatic carbocycles. The number of rotatable bonds is 5. The minimum absolute atomic E-state index is 0.0130. The van der Waals surface area contributed by atoms with Gasteiger partial charge in [-0.15, -0.1) is 0 Å². The van der Waals surface area contributed by atoms with Gasteiger partial charge in [0, 0.05) is 23.5 Å². The Morgan fingerprint density at radius 2 is 1.81 bits per heavy atom. The molecule has 0 fully saturated rings. The van der Waals surface area contributed by atoms with Crippen LogP contribution in [0.2, 0.25) is 0 Å². The molecule has 0 saturated heterocycles. The second kappa shape index (κ2) is 8.55. The highest BCUT2D eigenvalue weighted by Gasteiger charge is 2.32. The summed E-state index contributed by atoms with van der Waals surface area (Å²) in [5.74, 6) is -0.664. The number of anilines is 2. The van der Waals surface area contributed by atoms with Crippen molar-refractivity contribution in [3.05, 3.63) is 87.8 Å². The van der Waals surface area contributed by atoms with Gasteiger partial charge in [0.2, 0.25) is 5.91 Å². The van der Waals surface area contributed by atoms with Crippen molar-refractivity contribution in [2.24, 2.45) is 0 Å². The smallest absolute Gasteiger partial charge is 0.278 e. The highest BCUT2D eigenvalue weighted by molar-refractivity contribution is 6.06. The summed E-state index contributed by atoms with van der Waals surface area (Å²) in [5.41, 5.74) is 3.36. The minimum atomic E-state index is -0.439. The minimum Gasteiger partial charge on any atom is -0.324 e. The predicted octanol–water partition coefficient (Wildman–Crippen LogP) is 3.04. The predicted molar refractivity (Wildman–Crippen MR) is 119 cm³/mol. The fourth-order valence-electron chi connectivity index (χ4n) is 3.95. The van der Waals surface area contributed by atoms with Crippen LogP contribution in [-0.4, -0.2) is 27.6 Å². The molecule has 7 heteroatoms. The molecular weight excluding hydrogens is 392 g/mol. The molecule has 1 unspecified atom stereocenters. The Morgan fingerprint density at radius 1 is 1.06 bits per heavy atom. The van der Waals surface area contributed by atoms with Crippen LogP contribution in [0.4, 0.5) is 11.4 Å². The summed E-state index contributed by atoms with van der Waals surface area (Å²) >= 11 is 0. The Morgan fingerprint density at radius 3 is 2.61 bits per heavy atom. The Balaban J connectivity index is 1.56. The van der Waals surface area contributed by atoms with E-state index in [0.29, 0.717) is 5.69 Å². The van der Waals surface area contributed by atoms with E-state index in [-0.39, 0.29) is 30.1 Å². The number of amides is 2. The zero-order valence-corrected chi connectivity index (χ0v) is 17.5. The number of nitrogens with one attached hydrogen (secondary N) is 1. The Hall–Kier alpha value is -3.74. The topological polar surface area (TPSA) is 84.3 Å². The lowest BCUT2D eigenvalue weighted by Gasteiger charge is -2.22. The number of hydrogen-bond acceptors (Lipinski definition) is 4. The quantitative estimate of drug-likeness (QED) is 0.693. The first kappa shape index (κ1) is 20.5. The van der Waals surface area contributed by atoms with Gasteiger partial charge in [-0.2, -0.15) is 5.10 Å². The van der Waals surface area contributed by atoms with E-state index in [2.05, 4.69) is 10.4 Å². The molecule has 1 N–H and O–H groups in total. The van der Waals surface area contributed by atoms with Gasteiger partial charge in [0.15, 0.2) is 0 Å². The second-order valence-electron chi connectivity index (χ2n) is 7.63. The Bertz CT molecular complexity index is 1200. The maximum Gasteiger partial charge on any atom is 0.278 e. The SMILES string of the molecule is CCc1ccccc1NC(=O)Cn1nc(C(=O)N2c3ccccc3CC2C)ccc1=O. The first-order chi connectivity index (χ1) is 15.0. The average Bonchev–Trinajstić information content (AvgIpc) is 3.10. The molecule has 0 aliphatic carbocycles. The highest BCUT2D eigenvalue weighted by atomic mass is 16.2. The number of aromatic nitrogens is 2. The molecule has 0 saturated carbocycles. The molecule has 4 rings (SSSR count). The standard InChI is InChI=1S/C24H24N4O3/c1-3-17-8-4-6-10-19(17)25-22(29)15-27-23(30)13-12-20(26-27)24(31)28-16(2)14-18-9-5-7-11-21(18)28/h4-13,16H,3,14-15H2,1-2H3,(H,25,29). The van der Waals surface area contributed by atoms with Gasteiger partial charge in [0.1, 0.15) is 12.2 Å². The molecule has 1 aromatic heterocycles. The molecule has 158 valence electrons. The summed E-state index contributed by atoms with van der Waals surface area (Å²) in [6.07, 6.45) is 1.54. The number of aryl methyl sites for hydroxylation is 1. The summed E-state index contributed by atoms with van der Waals surface area (Å²) in [7, 11) is 0. The Labute approximate surface area is 180 Å². The van der Waals surface area contributed by atoms with E-state index in [9.17, 15) is 14.4 Å². The molecule has 1 aliphatic heterocycles. The lowest BCUT2D eigenvalue weighted by molar-refractivity contribution is -0.117. The van der Waals surface area contributed by atoms with Crippen molar-refractivity contribution in [3.8, 4) is 0 Å². The first-order valence-corrected chi connectivity index (χ1v) is 10.3. The van der Waals surface area contributed by atoms with Gasteiger partial charge in [0.05, 0.1) is 0 Å². The zero-order valence-electron chi connectivity index (χ0n) is 17.5. The number of fused-ring (bicyclic) bond motifs is 1. The third kappa shape index (κ3) is 4.12. The molecule has 3 aromatic rings. The third-order valence-corrected chi connectivity index (χ3v) is 5.48. The van der Waals surface area contributed by atoms with E-state index >= 15 is 0 Å². The Kier molecular flexibility index (Phi) is 5.66. The summed E-state index contributed by atoms with van der Waals surface area (Å²) in [6, 6.07) is 17.9. The number of carbonyl (C=O) groups excluding carboxylic acids is 2. The lowest BCUT2D eigenvalue weighted by atomic mass is 10.1. The maximum absolute atomic E-state index is 13.2. The molecule has 1 atom stereocenters. The monoisotopic (exact) mass is 416 g/mol. The molecule has 1 aliphatic rings. The van der Waals surface area contributed by atoms with Crippen LogP contribution >= 0.6 is 0 Å². The van der Waals surface area contributed by atoms with E-state index in [1.807, 2.05) is 62.4 Å². The molecular formula is C24H24N4O3. The molecule has 2 heterocycles. The third-order valence-electron chi connectivity index (χ3n) is 5.48. The van der Waals surface area contributed by atoms with E-state index < -0.39 is 5.56 Å². The zero-order chi connectivity index (χ0) is 22.0. The first-order valence-electron chi connectivity index (χ1n) is 10.3. The molecule has 7 nitrogen and oxygen atoms in total. The molecule has 0 radical (unpaired) electrons. The van der Waals surface area contributed by atoms with Crippen molar-refractivity contribution in [1.82, 2.24) is 9.78 Å². The van der Waals surface area contributed by atoms with Gasteiger partial charge in [-0.3, -0.25) is 14.4 Å². The summed E-state index contributed by atoms with van der Waals surface area (Å²) in [4.78, 5) is 39.7. The van der Waals surface area contributed by atoms with Crippen LogP contribution in [0, 0.1) is 0 Å². The van der Waals surface area contributed by atoms with Crippen molar-refractivity contribution in [1.29, 1.82) is 0 Å². The van der Waals surface area contributed by atoms with Gasteiger partial charge in [-0.05, 0) is 49.1 Å². The number of benzene rings is 2. The maximum atomic E-state index is 13.2. The fraction of sp³-hybridized carbons (Fsp3) is 0.250. The van der Waals surface area contributed by atoms with Crippen molar-refractivity contribution in [2.45, 2.75) is 39.3 Å². The van der Waals surface area contributed by atoms with Crippen LogP contribution in [0.3, 0.4) is 0 Å². The van der Waals surface area contributed by atoms with Crippen molar-refractivity contribution < 1.29 is 9.59 Å². The number of nitrogens with zero attached hydrogens (tertiary/aromatic N) is 3. The highest BCUT2D eigenvalue weighted by Crippen LogP contribution is 2.32. The summed E-state index contributed by atoms with van der Waals surface area (Å²) in [6.45, 7) is 3.71. The summed E-state index contributed by atoms with van der Waals surface area (Å²) in [5, 5.41) is 7.03. The van der Waals surface area contributed by atoms with Gasteiger partial charge < -0.3 is 10.2 Å². The van der Waals surface area contributed by atoms with Crippen molar-refractivity contribution >= 4 is 23.2 Å². The largest absolute Gasteiger partial charge is 0.324 e. The number of carbonyl (C=O) groups is 2.